The topological polar surface area (TPSA) is 232 Å². The van der Waals surface area contributed by atoms with Crippen molar-refractivity contribution < 1.29 is 56.6 Å². The van der Waals surface area contributed by atoms with Crippen molar-refractivity contribution in [3.63, 3.8) is 0 Å². The number of aromatic nitrogens is 2. The highest BCUT2D eigenvalue weighted by atomic mass is 19.3. The fraction of sp³-hybridized carbons (Fsp3) is 0.514. The zero-order chi connectivity index (χ0) is 41.6. The van der Waals surface area contributed by atoms with E-state index in [0.29, 0.717) is 5.56 Å². The highest BCUT2D eigenvalue weighted by Crippen LogP contribution is 2.25. The van der Waals surface area contributed by atoms with Gasteiger partial charge in [-0.05, 0) is 23.8 Å². The number of hydrogen-bond donors (Lipinski definition) is 4. The zero-order valence-electron chi connectivity index (χ0n) is 31.7. The van der Waals surface area contributed by atoms with Crippen LogP contribution in [0.3, 0.4) is 0 Å². The van der Waals surface area contributed by atoms with Crippen LogP contribution in [-0.4, -0.2) is 112 Å². The predicted molar refractivity (Wildman–Crippen MR) is 192 cm³/mol. The van der Waals surface area contributed by atoms with Crippen LogP contribution in [-0.2, 0) is 49.6 Å². The van der Waals surface area contributed by atoms with Crippen molar-refractivity contribution in [3.05, 3.63) is 60.2 Å². The second-order valence-electron chi connectivity index (χ2n) is 13.7. The zero-order valence-corrected chi connectivity index (χ0v) is 31.7. The molecule has 1 saturated heterocycles. The standard InChI is InChI=1S/C37H47F2N7O10/c1-6-10-25(31(49)37(38,39)36(54)42-17-28(48)55-19-23-11-8-7-9-12-23)43-33(51)27-15-24(56-20-47)18-46(27)35(53)30(22(4)5)45-34(52)29(21(2)3)44-32(50)26-16-40-13-14-41-26/h7-9,11-14,16,20-22,24-25,27,29-30H,6,10,15,17-19H2,1-5H3,(H,42,54)(H,43,51)(H,44,50)(H,45,52)/t24-,25+,27+,29+,30+/m1/s1. The second-order valence-corrected chi connectivity index (χ2v) is 13.7. The molecule has 5 amide bonds. The van der Waals surface area contributed by atoms with Gasteiger partial charge in [-0.1, -0.05) is 71.4 Å². The minimum atomic E-state index is -4.69. The van der Waals surface area contributed by atoms with Gasteiger partial charge in [0.05, 0.1) is 18.8 Å². The van der Waals surface area contributed by atoms with Crippen molar-refractivity contribution in [2.45, 2.75) is 96.7 Å². The van der Waals surface area contributed by atoms with E-state index in [1.54, 1.807) is 70.3 Å². The van der Waals surface area contributed by atoms with E-state index in [1.165, 1.54) is 18.6 Å². The molecule has 17 nitrogen and oxygen atoms in total. The Labute approximate surface area is 322 Å². The minimum absolute atomic E-state index is 0.0490. The molecule has 2 heterocycles. The van der Waals surface area contributed by atoms with Gasteiger partial charge in [0.2, 0.25) is 23.5 Å². The number of carbonyl (C=O) groups is 8. The summed E-state index contributed by atoms with van der Waals surface area (Å²) < 4.78 is 40.5. The Hall–Kier alpha value is -5.88. The number of alkyl halides is 2. The number of amides is 5. The molecule has 1 fully saturated rings. The summed E-state index contributed by atoms with van der Waals surface area (Å²) in [6, 6.07) is 2.65. The van der Waals surface area contributed by atoms with Crippen molar-refractivity contribution >= 4 is 47.8 Å². The van der Waals surface area contributed by atoms with Crippen LogP contribution in [0.4, 0.5) is 8.78 Å². The van der Waals surface area contributed by atoms with Gasteiger partial charge in [-0.3, -0.25) is 43.3 Å². The molecule has 0 saturated carbocycles. The van der Waals surface area contributed by atoms with Crippen LogP contribution in [0.15, 0.2) is 48.9 Å². The van der Waals surface area contributed by atoms with Crippen LogP contribution < -0.4 is 21.3 Å². The molecule has 1 aliphatic rings. The van der Waals surface area contributed by atoms with Gasteiger partial charge in [0, 0.05) is 18.8 Å². The molecule has 3 rings (SSSR count). The molecule has 5 atom stereocenters. The number of halogens is 2. The quantitative estimate of drug-likeness (QED) is 0.0832. The summed E-state index contributed by atoms with van der Waals surface area (Å²) in [6.45, 7) is 6.75. The van der Waals surface area contributed by atoms with E-state index in [0.717, 1.165) is 4.90 Å². The summed E-state index contributed by atoms with van der Waals surface area (Å²) in [4.78, 5) is 112. The van der Waals surface area contributed by atoms with Crippen LogP contribution in [0.5, 0.6) is 0 Å². The van der Waals surface area contributed by atoms with Gasteiger partial charge in [0.1, 0.15) is 43.1 Å². The SMILES string of the molecule is CCC[C@H](NC(=O)[C@@H]1C[C@@H](OC=O)CN1C(=O)[C@@H](NC(=O)[C@@H](NC(=O)c1cnccn1)C(C)C)C(C)C)C(=O)C(F)(F)C(=O)NCC(=O)OCc1ccccc1. The highest BCUT2D eigenvalue weighted by Gasteiger charge is 2.51. The lowest BCUT2D eigenvalue weighted by Crippen LogP contribution is -2.60. The number of nitrogens with zero attached hydrogens (tertiary/aromatic N) is 3. The monoisotopic (exact) mass is 787 g/mol. The molecule has 4 N–H and O–H groups in total. The molecule has 19 heteroatoms. The minimum Gasteiger partial charge on any atom is -0.463 e. The molecule has 0 bridgehead atoms. The Morgan fingerprint density at radius 2 is 1.64 bits per heavy atom. The molecular formula is C37H47F2N7O10. The summed E-state index contributed by atoms with van der Waals surface area (Å²) >= 11 is 0. The fourth-order valence-corrected chi connectivity index (χ4v) is 5.78. The lowest BCUT2D eigenvalue weighted by Gasteiger charge is -2.32. The average Bonchev–Trinajstić information content (AvgIpc) is 3.61. The largest absolute Gasteiger partial charge is 0.463 e. The maximum atomic E-state index is 15.2. The van der Waals surface area contributed by atoms with E-state index in [9.17, 15) is 38.4 Å². The average molecular weight is 788 g/mol. The van der Waals surface area contributed by atoms with Gasteiger partial charge in [0.25, 0.3) is 18.3 Å². The molecule has 1 aliphatic heterocycles. The van der Waals surface area contributed by atoms with Gasteiger partial charge in [0.15, 0.2) is 0 Å². The van der Waals surface area contributed by atoms with Gasteiger partial charge in [-0.15, -0.1) is 0 Å². The molecule has 304 valence electrons. The van der Waals surface area contributed by atoms with E-state index in [4.69, 9.17) is 9.47 Å². The molecular weight excluding hydrogens is 740 g/mol. The van der Waals surface area contributed by atoms with Crippen LogP contribution >= 0.6 is 0 Å². The highest BCUT2D eigenvalue weighted by molar-refractivity contribution is 6.11. The summed E-state index contributed by atoms with van der Waals surface area (Å²) in [7, 11) is 0. The number of rotatable bonds is 20. The van der Waals surface area contributed by atoms with Gasteiger partial charge in [-0.2, -0.15) is 8.78 Å². The third kappa shape index (κ3) is 12.1. The van der Waals surface area contributed by atoms with E-state index in [1.807, 2.05) is 0 Å². The molecule has 0 radical (unpaired) electrons. The maximum absolute atomic E-state index is 15.2. The molecule has 0 unspecified atom stereocenters. The Kier molecular flexibility index (Phi) is 16.5. The number of hydrogen-bond acceptors (Lipinski definition) is 12. The van der Waals surface area contributed by atoms with Crippen LogP contribution in [0, 0.1) is 11.8 Å². The second kappa shape index (κ2) is 20.7. The van der Waals surface area contributed by atoms with Crippen LogP contribution in [0.2, 0.25) is 0 Å². The first-order valence-electron chi connectivity index (χ1n) is 18.0. The number of Topliss-reactive ketones (excluding diaryl/α,β-unsaturated/α-hetero) is 1. The number of likely N-dealkylation sites (tertiary alicyclic amines) is 1. The van der Waals surface area contributed by atoms with Gasteiger partial charge < -0.3 is 35.6 Å². The Balaban J connectivity index is 1.74. The van der Waals surface area contributed by atoms with E-state index >= 15 is 8.78 Å². The number of ether oxygens (including phenoxy) is 2. The van der Waals surface area contributed by atoms with E-state index in [-0.39, 0.29) is 44.6 Å². The predicted octanol–water partition coefficient (Wildman–Crippen LogP) is 0.863. The Bertz CT molecular complexity index is 1720. The smallest absolute Gasteiger partial charge is 0.383 e. The Morgan fingerprint density at radius 3 is 2.23 bits per heavy atom. The lowest BCUT2D eigenvalue weighted by molar-refractivity contribution is -0.162. The third-order valence-electron chi connectivity index (χ3n) is 8.80. The molecule has 1 aromatic heterocycles. The number of ketones is 1. The van der Waals surface area contributed by atoms with Crippen molar-refractivity contribution in [2.24, 2.45) is 11.8 Å². The first kappa shape index (κ1) is 44.5. The number of benzene rings is 1. The molecule has 1 aromatic carbocycles. The fourth-order valence-electron chi connectivity index (χ4n) is 5.78. The molecule has 0 spiro atoms. The number of carbonyl (C=O) groups excluding carboxylic acids is 8. The number of esters is 1. The van der Waals surface area contributed by atoms with E-state index < -0.39 is 95.9 Å². The normalized spacial score (nSPS) is 16.9. The summed E-state index contributed by atoms with van der Waals surface area (Å²) in [5.41, 5.74) is 0.564. The first-order valence-corrected chi connectivity index (χ1v) is 18.0. The van der Waals surface area contributed by atoms with Crippen LogP contribution in [0.1, 0.15) is 69.9 Å². The first-order chi connectivity index (χ1) is 26.5. The molecule has 56 heavy (non-hydrogen) atoms. The Morgan fingerprint density at radius 1 is 0.964 bits per heavy atom. The maximum Gasteiger partial charge on any atom is 0.383 e. The van der Waals surface area contributed by atoms with Crippen molar-refractivity contribution in [1.82, 2.24) is 36.1 Å². The molecule has 0 aliphatic carbocycles. The van der Waals surface area contributed by atoms with Crippen molar-refractivity contribution in [3.8, 4) is 0 Å². The molecule has 2 aromatic rings. The summed E-state index contributed by atoms with van der Waals surface area (Å²) in [5.74, 6) is -14.1. The van der Waals surface area contributed by atoms with Crippen LogP contribution in [0.25, 0.3) is 0 Å². The van der Waals surface area contributed by atoms with Crippen molar-refractivity contribution in [1.29, 1.82) is 0 Å². The third-order valence-corrected chi connectivity index (χ3v) is 8.80. The number of nitrogens with one attached hydrogen (secondary N) is 4. The van der Waals surface area contributed by atoms with Gasteiger partial charge in [-0.25, -0.2) is 4.98 Å². The summed E-state index contributed by atoms with van der Waals surface area (Å²) in [6.07, 6.45) is 2.36. The van der Waals surface area contributed by atoms with Crippen molar-refractivity contribution in [2.75, 3.05) is 13.1 Å². The van der Waals surface area contributed by atoms with E-state index in [2.05, 4.69) is 25.9 Å². The van der Waals surface area contributed by atoms with Gasteiger partial charge >= 0.3 is 11.9 Å². The summed E-state index contributed by atoms with van der Waals surface area (Å²) in [5, 5.41) is 9.13. The lowest BCUT2D eigenvalue weighted by atomic mass is 9.98.